The van der Waals surface area contributed by atoms with Crippen molar-refractivity contribution in [2.24, 2.45) is 0 Å². The van der Waals surface area contributed by atoms with Gasteiger partial charge in [0.1, 0.15) is 17.2 Å². The summed E-state index contributed by atoms with van der Waals surface area (Å²) in [6, 6.07) is -2.17. The molecule has 0 bridgehead atoms. The fraction of sp³-hybridized carbons (Fsp3) is 0.438. The fourth-order valence-corrected chi connectivity index (χ4v) is 5.48. The fourth-order valence-electron chi connectivity index (χ4n) is 5.48. The van der Waals surface area contributed by atoms with Crippen molar-refractivity contribution in [3.63, 3.8) is 0 Å². The third-order valence-electron chi connectivity index (χ3n) is 7.88. The first kappa shape index (κ1) is 46.2. The highest BCUT2D eigenvalue weighted by Gasteiger charge is 2.54. The van der Waals surface area contributed by atoms with Crippen LogP contribution in [0.5, 0.6) is 17.2 Å². The van der Waals surface area contributed by atoms with Crippen LogP contribution in [0.15, 0.2) is 48.5 Å². The third-order valence-corrected chi connectivity index (χ3v) is 7.88. The van der Waals surface area contributed by atoms with E-state index in [4.69, 9.17) is 18.7 Å². The third kappa shape index (κ3) is 10.6. The van der Waals surface area contributed by atoms with Crippen LogP contribution in [0.25, 0.3) is 0 Å². The molecule has 0 fully saturated rings. The van der Waals surface area contributed by atoms with Gasteiger partial charge in [-0.2, -0.15) is 79.0 Å². The summed E-state index contributed by atoms with van der Waals surface area (Å²) in [5.41, 5.74) is -16.5. The molecule has 0 radical (unpaired) electrons. The van der Waals surface area contributed by atoms with Crippen molar-refractivity contribution in [1.82, 2.24) is 0 Å². The van der Waals surface area contributed by atoms with Crippen molar-refractivity contribution >= 4 is 7.32 Å². The summed E-state index contributed by atoms with van der Waals surface area (Å²) in [6.07, 6.45) is -34.3. The second-order valence-electron chi connectivity index (χ2n) is 12.6. The van der Waals surface area contributed by atoms with Gasteiger partial charge in [-0.1, -0.05) is 6.92 Å². The standard InChI is InChI=1S/C32H27BF18NO4/c1-6-26(53-7-2,52(3,4)5)25-23(32(49,50)51)14-20(31(46,47)48)15-24(25)56-33(54-21-10-16(27(34,35)36)8-17(11-21)28(37,38)39)55-22-12-18(29(40,41)42)9-19(13-22)30(43,44)45/h8-15H,6-7H2,1-5H3/q+1. The molecule has 0 spiro atoms. The number of benzene rings is 3. The number of halogens is 18. The number of hydrogen-bond donors (Lipinski definition) is 0. The van der Waals surface area contributed by atoms with Crippen molar-refractivity contribution in [3.8, 4) is 17.2 Å². The molecule has 0 N–H and O–H groups in total. The predicted octanol–water partition coefficient (Wildman–Crippen LogP) is 11.6. The summed E-state index contributed by atoms with van der Waals surface area (Å²) in [5, 5.41) is 0. The average molecular weight is 842 g/mol. The van der Waals surface area contributed by atoms with Crippen molar-refractivity contribution in [3.05, 3.63) is 87.5 Å². The smallest absolute Gasteiger partial charge is 0.490 e. The van der Waals surface area contributed by atoms with Crippen LogP contribution in [0.1, 0.15) is 59.2 Å². The molecular weight excluding hydrogens is 815 g/mol. The topological polar surface area (TPSA) is 36.9 Å². The molecule has 0 amide bonds. The van der Waals surface area contributed by atoms with Crippen molar-refractivity contribution < 1.29 is 102 Å². The number of hydrogen-bond acceptors (Lipinski definition) is 4. The highest BCUT2D eigenvalue weighted by molar-refractivity contribution is 6.39. The van der Waals surface area contributed by atoms with E-state index in [9.17, 15) is 79.0 Å². The van der Waals surface area contributed by atoms with Crippen molar-refractivity contribution in [2.75, 3.05) is 27.7 Å². The number of alkyl halides is 18. The van der Waals surface area contributed by atoms with E-state index in [0.29, 0.717) is 0 Å². The lowest BCUT2D eigenvalue weighted by Crippen LogP contribution is -2.57. The largest absolute Gasteiger partial charge is 0.864 e. The highest BCUT2D eigenvalue weighted by atomic mass is 19.4. The van der Waals surface area contributed by atoms with Crippen LogP contribution < -0.4 is 14.0 Å². The molecule has 0 aliphatic carbocycles. The Bertz CT molecular complexity index is 1720. The highest BCUT2D eigenvalue weighted by Crippen LogP contribution is 2.50. The Labute approximate surface area is 305 Å². The monoisotopic (exact) mass is 842 g/mol. The molecule has 0 saturated heterocycles. The lowest BCUT2D eigenvalue weighted by molar-refractivity contribution is -0.961. The molecule has 312 valence electrons. The number of nitrogens with zero attached hydrogens (tertiary/aromatic N) is 1. The molecule has 0 aromatic heterocycles. The second-order valence-corrected chi connectivity index (χ2v) is 12.6. The first-order chi connectivity index (χ1) is 25.0. The molecule has 1 unspecified atom stereocenters. The van der Waals surface area contributed by atoms with Gasteiger partial charge >= 0.3 is 44.4 Å². The van der Waals surface area contributed by atoms with Gasteiger partial charge in [0.2, 0.25) is 5.72 Å². The van der Waals surface area contributed by atoms with Gasteiger partial charge in [0.25, 0.3) is 0 Å². The number of quaternary nitrogens is 1. The minimum atomic E-state index is -5.73. The van der Waals surface area contributed by atoms with Gasteiger partial charge in [-0.05, 0) is 55.5 Å². The Hall–Kier alpha value is -4.22. The number of rotatable bonds is 11. The van der Waals surface area contributed by atoms with E-state index >= 15 is 0 Å². The Morgan fingerprint density at radius 2 is 0.804 bits per heavy atom. The normalized spacial score (nSPS) is 14.7. The van der Waals surface area contributed by atoms with E-state index in [1.807, 2.05) is 0 Å². The summed E-state index contributed by atoms with van der Waals surface area (Å²) < 4.78 is 271. The van der Waals surface area contributed by atoms with Gasteiger partial charge in [-0.25, -0.2) is 0 Å². The average Bonchev–Trinajstić information content (AvgIpc) is 3.00. The van der Waals surface area contributed by atoms with Crippen LogP contribution in [0.4, 0.5) is 79.0 Å². The van der Waals surface area contributed by atoms with Gasteiger partial charge in [0.15, 0.2) is 0 Å². The maximum atomic E-state index is 14.8. The summed E-state index contributed by atoms with van der Waals surface area (Å²) >= 11 is 0. The molecule has 3 rings (SSSR count). The van der Waals surface area contributed by atoms with Crippen LogP contribution in [-0.4, -0.2) is 39.6 Å². The van der Waals surface area contributed by atoms with Crippen LogP contribution in [0.3, 0.4) is 0 Å². The SMILES string of the molecule is CCOC(CC)(c1c(OB(Oc2cc(C(F)(F)F)cc(C(F)(F)F)c2)Oc2cc(C(F)(F)F)cc(C(F)(F)F)c2)cc(C(F)(F)F)cc1C(F)(F)F)[N+](C)(C)C. The Morgan fingerprint density at radius 1 is 0.464 bits per heavy atom. The van der Waals surface area contributed by atoms with Crippen LogP contribution >= 0.6 is 0 Å². The zero-order valence-electron chi connectivity index (χ0n) is 29.0. The van der Waals surface area contributed by atoms with Crippen molar-refractivity contribution in [1.29, 1.82) is 0 Å². The molecule has 0 saturated carbocycles. The minimum Gasteiger partial charge on any atom is -0.490 e. The van der Waals surface area contributed by atoms with E-state index in [-0.39, 0.29) is 36.4 Å². The molecular formula is C32H27BF18NO4+. The molecule has 0 aliphatic rings. The van der Waals surface area contributed by atoms with E-state index < -0.39 is 136 Å². The summed E-state index contributed by atoms with van der Waals surface area (Å²) in [6.45, 7) is 1.99. The summed E-state index contributed by atoms with van der Waals surface area (Å²) in [5.74, 6) is -4.86. The molecule has 0 heterocycles. The van der Waals surface area contributed by atoms with E-state index in [1.165, 1.54) is 35.0 Å². The molecule has 24 heteroatoms. The predicted molar refractivity (Wildman–Crippen MR) is 159 cm³/mol. The van der Waals surface area contributed by atoms with E-state index in [2.05, 4.69) is 0 Å². The number of ether oxygens (including phenoxy) is 1. The van der Waals surface area contributed by atoms with Gasteiger partial charge in [0, 0.05) is 6.42 Å². The van der Waals surface area contributed by atoms with Crippen LogP contribution in [0, 0.1) is 0 Å². The Kier molecular flexibility index (Phi) is 12.6. The van der Waals surface area contributed by atoms with Gasteiger partial charge < -0.3 is 18.7 Å². The zero-order chi connectivity index (χ0) is 43.3. The van der Waals surface area contributed by atoms with Gasteiger partial charge in [-0.15, -0.1) is 0 Å². The minimum absolute atomic E-state index is 0.135. The maximum absolute atomic E-state index is 14.8. The molecule has 56 heavy (non-hydrogen) atoms. The van der Waals surface area contributed by atoms with Crippen LogP contribution in [-0.2, 0) is 47.5 Å². The Balaban J connectivity index is 2.53. The lowest BCUT2D eigenvalue weighted by atomic mass is 9.88. The summed E-state index contributed by atoms with van der Waals surface area (Å²) in [7, 11) is 0.270. The maximum Gasteiger partial charge on any atom is 0.864 e. The second kappa shape index (κ2) is 15.3. The van der Waals surface area contributed by atoms with Crippen LogP contribution in [0.2, 0.25) is 0 Å². The zero-order valence-corrected chi connectivity index (χ0v) is 29.0. The van der Waals surface area contributed by atoms with E-state index in [0.717, 1.165) is 0 Å². The first-order valence-corrected chi connectivity index (χ1v) is 15.4. The first-order valence-electron chi connectivity index (χ1n) is 15.4. The van der Waals surface area contributed by atoms with Crippen molar-refractivity contribution in [2.45, 2.75) is 63.1 Å². The molecule has 5 nitrogen and oxygen atoms in total. The Morgan fingerprint density at radius 3 is 1.07 bits per heavy atom. The summed E-state index contributed by atoms with van der Waals surface area (Å²) in [4.78, 5) is 0. The van der Waals surface area contributed by atoms with E-state index in [1.54, 1.807) is 0 Å². The van der Waals surface area contributed by atoms with Gasteiger partial charge in [0.05, 0.1) is 66.7 Å². The molecule has 3 aromatic carbocycles. The molecule has 1 atom stereocenters. The molecule has 3 aromatic rings. The molecule has 0 aliphatic heterocycles. The lowest BCUT2D eigenvalue weighted by Gasteiger charge is -2.46. The quantitative estimate of drug-likeness (QED) is 0.0834. The van der Waals surface area contributed by atoms with Gasteiger partial charge in [-0.3, -0.25) is 4.48 Å².